The number of hydrogen-bond donors (Lipinski definition) is 0. The van der Waals surface area contributed by atoms with E-state index in [2.05, 4.69) is 69.4 Å². The number of allylic oxidation sites excluding steroid dienone is 13. The van der Waals surface area contributed by atoms with Crippen molar-refractivity contribution in [1.29, 1.82) is 0 Å². The van der Waals surface area contributed by atoms with Crippen molar-refractivity contribution in [2.24, 2.45) is 0 Å². The van der Waals surface area contributed by atoms with Crippen LogP contribution < -0.4 is 0 Å². The van der Waals surface area contributed by atoms with E-state index in [1.807, 2.05) is 30.4 Å². The van der Waals surface area contributed by atoms with Gasteiger partial charge < -0.3 is 14.2 Å². The molecule has 0 aromatic heterocycles. The van der Waals surface area contributed by atoms with Gasteiger partial charge >= 0.3 is 17.9 Å². The molecule has 0 aromatic rings. The molecule has 336 valence electrons. The highest BCUT2D eigenvalue weighted by molar-refractivity contribution is 5.72. The van der Waals surface area contributed by atoms with Gasteiger partial charge in [-0.15, -0.1) is 0 Å². The van der Waals surface area contributed by atoms with Gasteiger partial charge in [-0.05, 0) is 51.4 Å². The zero-order chi connectivity index (χ0) is 43.0. The number of hydrogen-bond acceptors (Lipinski definition) is 6. The van der Waals surface area contributed by atoms with Crippen molar-refractivity contribution in [3.05, 3.63) is 85.1 Å². The molecule has 0 spiro atoms. The molecule has 0 radical (unpaired) electrons. The van der Waals surface area contributed by atoms with E-state index in [1.54, 1.807) is 6.08 Å². The second-order valence-corrected chi connectivity index (χ2v) is 15.7. The topological polar surface area (TPSA) is 78.9 Å². The van der Waals surface area contributed by atoms with Gasteiger partial charge in [0.25, 0.3) is 0 Å². The summed E-state index contributed by atoms with van der Waals surface area (Å²) in [5, 5.41) is 0. The number of rotatable bonds is 42. The lowest BCUT2D eigenvalue weighted by Crippen LogP contribution is -2.30. The van der Waals surface area contributed by atoms with Crippen LogP contribution in [0.4, 0.5) is 0 Å². The van der Waals surface area contributed by atoms with Crippen LogP contribution in [0.25, 0.3) is 0 Å². The van der Waals surface area contributed by atoms with Gasteiger partial charge in [0.05, 0.1) is 6.42 Å². The number of carbonyl (C=O) groups is 3. The summed E-state index contributed by atoms with van der Waals surface area (Å²) in [5.41, 5.74) is 0. The molecular formula is C53H88O6. The molecule has 0 saturated carbocycles. The van der Waals surface area contributed by atoms with Crippen molar-refractivity contribution in [1.82, 2.24) is 0 Å². The number of esters is 3. The Kier molecular flexibility index (Phi) is 44.5. The van der Waals surface area contributed by atoms with Gasteiger partial charge in [-0.1, -0.05) is 228 Å². The van der Waals surface area contributed by atoms with Gasteiger partial charge in [-0.25, -0.2) is 0 Å². The van der Waals surface area contributed by atoms with E-state index in [9.17, 15) is 14.4 Å². The van der Waals surface area contributed by atoms with E-state index >= 15 is 0 Å². The van der Waals surface area contributed by atoms with Crippen LogP contribution >= 0.6 is 0 Å². The van der Waals surface area contributed by atoms with Crippen LogP contribution in [-0.2, 0) is 28.6 Å². The first-order chi connectivity index (χ1) is 29.0. The first kappa shape index (κ1) is 55.6. The summed E-state index contributed by atoms with van der Waals surface area (Å²) in [7, 11) is 0. The minimum absolute atomic E-state index is 0.112. The minimum atomic E-state index is -0.821. The van der Waals surface area contributed by atoms with Crippen LogP contribution in [0, 0.1) is 0 Å². The normalized spacial score (nSPS) is 12.8. The molecule has 1 unspecified atom stereocenters. The highest BCUT2D eigenvalue weighted by Gasteiger charge is 2.19. The lowest BCUT2D eigenvalue weighted by molar-refractivity contribution is -0.166. The smallest absolute Gasteiger partial charge is 0.309 e. The Morgan fingerprint density at radius 3 is 1.32 bits per heavy atom. The summed E-state index contributed by atoms with van der Waals surface area (Å²) in [6.07, 6.45) is 60.3. The summed E-state index contributed by atoms with van der Waals surface area (Å²) in [5.74, 6) is -1.07. The molecule has 0 rings (SSSR count). The maximum Gasteiger partial charge on any atom is 0.309 e. The van der Waals surface area contributed by atoms with Crippen LogP contribution in [0.5, 0.6) is 0 Å². The van der Waals surface area contributed by atoms with Crippen molar-refractivity contribution in [3.63, 3.8) is 0 Å². The fraction of sp³-hybridized carbons (Fsp3) is 0.679. The monoisotopic (exact) mass is 821 g/mol. The number of ether oxygens (including phenoxy) is 3. The van der Waals surface area contributed by atoms with Crippen molar-refractivity contribution in [3.8, 4) is 0 Å². The molecule has 0 aliphatic heterocycles. The van der Waals surface area contributed by atoms with Gasteiger partial charge in [-0.2, -0.15) is 0 Å². The average molecular weight is 821 g/mol. The maximum absolute atomic E-state index is 12.7. The SMILES string of the molecule is CC\C=C/C=C\C=C/C=C\CCCCCCCC(=O)OC(COC(=O)C/C=C\C/C=C\C/C=C\CC)COC(=O)CCCCCCCCCCCCCCCCCCC. The van der Waals surface area contributed by atoms with E-state index < -0.39 is 12.1 Å². The third kappa shape index (κ3) is 45.5. The van der Waals surface area contributed by atoms with Crippen LogP contribution in [0.1, 0.15) is 213 Å². The minimum Gasteiger partial charge on any atom is -0.462 e. The Morgan fingerprint density at radius 1 is 0.390 bits per heavy atom. The van der Waals surface area contributed by atoms with Gasteiger partial charge in [0.1, 0.15) is 13.2 Å². The molecule has 59 heavy (non-hydrogen) atoms. The first-order valence-corrected chi connectivity index (χ1v) is 24.1. The maximum atomic E-state index is 12.7. The lowest BCUT2D eigenvalue weighted by atomic mass is 10.0. The van der Waals surface area contributed by atoms with Crippen molar-refractivity contribution >= 4 is 17.9 Å². The average Bonchev–Trinajstić information content (AvgIpc) is 3.23. The third-order valence-corrected chi connectivity index (χ3v) is 10.0. The third-order valence-electron chi connectivity index (χ3n) is 10.0. The van der Waals surface area contributed by atoms with Crippen molar-refractivity contribution in [2.45, 2.75) is 219 Å². The first-order valence-electron chi connectivity index (χ1n) is 24.1. The van der Waals surface area contributed by atoms with E-state index in [4.69, 9.17) is 14.2 Å². The van der Waals surface area contributed by atoms with Crippen LogP contribution in [0.2, 0.25) is 0 Å². The lowest BCUT2D eigenvalue weighted by Gasteiger charge is -2.18. The fourth-order valence-electron chi connectivity index (χ4n) is 6.45. The molecule has 0 bridgehead atoms. The number of carbonyl (C=O) groups excluding carboxylic acids is 3. The Hall–Kier alpha value is -3.41. The summed E-state index contributed by atoms with van der Waals surface area (Å²) in [6, 6.07) is 0. The Labute approximate surface area is 363 Å². The van der Waals surface area contributed by atoms with Gasteiger partial charge in [0.15, 0.2) is 6.10 Å². The molecule has 6 nitrogen and oxygen atoms in total. The van der Waals surface area contributed by atoms with Gasteiger partial charge in [-0.3, -0.25) is 14.4 Å². The van der Waals surface area contributed by atoms with Crippen LogP contribution in [0.3, 0.4) is 0 Å². The quantitative estimate of drug-likeness (QED) is 0.0201. The molecule has 6 heteroatoms. The molecule has 0 aliphatic rings. The molecule has 0 amide bonds. The zero-order valence-corrected chi connectivity index (χ0v) is 38.2. The molecule has 0 saturated heterocycles. The zero-order valence-electron chi connectivity index (χ0n) is 38.2. The second kappa shape index (κ2) is 47.3. The molecular weight excluding hydrogens is 733 g/mol. The Bertz CT molecular complexity index is 1170. The number of unbranched alkanes of at least 4 members (excludes halogenated alkanes) is 21. The molecule has 0 fully saturated rings. The summed E-state index contributed by atoms with van der Waals surface area (Å²) >= 11 is 0. The van der Waals surface area contributed by atoms with E-state index in [-0.39, 0.29) is 38.0 Å². The van der Waals surface area contributed by atoms with Gasteiger partial charge in [0.2, 0.25) is 0 Å². The van der Waals surface area contributed by atoms with Crippen LogP contribution in [0.15, 0.2) is 85.1 Å². The van der Waals surface area contributed by atoms with Crippen molar-refractivity contribution < 1.29 is 28.6 Å². The largest absolute Gasteiger partial charge is 0.462 e. The predicted octanol–water partition coefficient (Wildman–Crippen LogP) is 15.6. The Balaban J connectivity index is 4.41. The summed E-state index contributed by atoms with van der Waals surface area (Å²) < 4.78 is 16.6. The molecule has 0 aromatic carbocycles. The Morgan fingerprint density at radius 2 is 0.797 bits per heavy atom. The molecule has 0 aliphatic carbocycles. The molecule has 1 atom stereocenters. The van der Waals surface area contributed by atoms with Crippen molar-refractivity contribution in [2.75, 3.05) is 13.2 Å². The standard InChI is InChI=1S/C53H88O6/c1-4-7-10-13-16-19-21-23-25-26-28-29-31-34-37-40-43-46-52(55)58-49-50(48-57-51(54)45-42-39-36-33-18-15-12-9-6-3)59-53(56)47-44-41-38-35-32-30-27-24-22-20-17-14-11-8-5-2/h8-9,11-12,14,17-18,20,22,24,27,33,39,42,50H,4-7,10,13,15-16,19,21,23,25-26,28-32,34-38,40-41,43-49H2,1-3H3/b11-8-,12-9-,17-14-,22-20-,27-24-,33-18-,42-39-. The van der Waals surface area contributed by atoms with E-state index in [0.717, 1.165) is 83.5 Å². The molecule has 0 N–H and O–H groups in total. The summed E-state index contributed by atoms with van der Waals surface area (Å²) in [4.78, 5) is 37.7. The van der Waals surface area contributed by atoms with E-state index in [0.29, 0.717) is 6.42 Å². The fourth-order valence-corrected chi connectivity index (χ4v) is 6.45. The van der Waals surface area contributed by atoms with Crippen LogP contribution in [-0.4, -0.2) is 37.2 Å². The van der Waals surface area contributed by atoms with E-state index in [1.165, 1.54) is 89.9 Å². The summed E-state index contributed by atoms with van der Waals surface area (Å²) in [6.45, 7) is 6.26. The highest BCUT2D eigenvalue weighted by atomic mass is 16.6. The highest BCUT2D eigenvalue weighted by Crippen LogP contribution is 2.15. The predicted molar refractivity (Wildman–Crippen MR) is 251 cm³/mol. The van der Waals surface area contributed by atoms with Gasteiger partial charge in [0, 0.05) is 12.8 Å². The second-order valence-electron chi connectivity index (χ2n) is 15.7. The molecule has 0 heterocycles.